The highest BCUT2D eigenvalue weighted by Gasteiger charge is 2.62. The molecule has 3 aliphatic rings. The Bertz CT molecular complexity index is 377. The fraction of sp³-hybridized carbons (Fsp3) is 0.917. The summed E-state index contributed by atoms with van der Waals surface area (Å²) in [5.74, 6) is -0.353. The van der Waals surface area contributed by atoms with Gasteiger partial charge in [0.2, 0.25) is 0 Å². The molecule has 0 aromatic rings. The van der Waals surface area contributed by atoms with Crippen molar-refractivity contribution in [2.24, 2.45) is 0 Å². The van der Waals surface area contributed by atoms with E-state index in [-0.39, 0.29) is 26.1 Å². The van der Waals surface area contributed by atoms with Gasteiger partial charge in [-0.25, -0.2) is 4.79 Å². The SMILES string of the molecule is CCB(CC)O[C@@H]1C(=O)O[C@@H]2[C@H]3OB(CC)O[C@H]3O[C@@H]21. The first-order valence-corrected chi connectivity index (χ1v) is 7.50. The maximum Gasteiger partial charge on any atom is 0.458 e. The van der Waals surface area contributed by atoms with Gasteiger partial charge < -0.3 is 23.4 Å². The molecule has 5 atom stereocenters. The van der Waals surface area contributed by atoms with E-state index in [1.165, 1.54) is 0 Å². The second-order valence-corrected chi connectivity index (χ2v) is 5.44. The van der Waals surface area contributed by atoms with Gasteiger partial charge in [0.25, 0.3) is 6.92 Å². The minimum atomic E-state index is -0.664. The highest BCUT2D eigenvalue weighted by Crippen LogP contribution is 2.39. The predicted molar refractivity (Wildman–Crippen MR) is 72.3 cm³/mol. The Balaban J connectivity index is 1.68. The van der Waals surface area contributed by atoms with Crippen LogP contribution >= 0.6 is 0 Å². The number of fused-ring (bicyclic) bond motifs is 3. The van der Waals surface area contributed by atoms with Crippen LogP contribution in [0, 0.1) is 0 Å². The molecule has 0 bridgehead atoms. The third kappa shape index (κ3) is 2.28. The standard InChI is InChI=1S/C12H20B2O6/c1-4-13(5-2)18-9-7-8(16-11(9)15)10-12(17-7)20-14(6-3)19-10/h7-10,12H,4-6H2,1-3H3/t7-,8-,9-,10+,12+/m0/s1. The van der Waals surface area contributed by atoms with E-state index >= 15 is 0 Å². The van der Waals surface area contributed by atoms with Crippen molar-refractivity contribution < 1.29 is 28.2 Å². The monoisotopic (exact) mass is 282 g/mol. The van der Waals surface area contributed by atoms with Crippen molar-refractivity contribution in [2.45, 2.75) is 70.4 Å². The topological polar surface area (TPSA) is 63.2 Å². The molecule has 0 N–H and O–H groups in total. The lowest BCUT2D eigenvalue weighted by atomic mass is 9.62. The quantitative estimate of drug-likeness (QED) is 0.553. The van der Waals surface area contributed by atoms with Crippen molar-refractivity contribution in [3.05, 3.63) is 0 Å². The van der Waals surface area contributed by atoms with E-state index in [1.54, 1.807) is 0 Å². The van der Waals surface area contributed by atoms with E-state index in [4.69, 9.17) is 23.4 Å². The van der Waals surface area contributed by atoms with E-state index in [0.717, 1.165) is 19.0 Å². The van der Waals surface area contributed by atoms with Crippen LogP contribution in [0.5, 0.6) is 0 Å². The lowest BCUT2D eigenvalue weighted by Crippen LogP contribution is -2.39. The summed E-state index contributed by atoms with van der Waals surface area (Å²) in [6.45, 7) is 6.09. The van der Waals surface area contributed by atoms with Crippen molar-refractivity contribution >= 4 is 20.0 Å². The summed E-state index contributed by atoms with van der Waals surface area (Å²) in [5, 5.41) is 0. The smallest absolute Gasteiger partial charge is 0.455 e. The lowest BCUT2D eigenvalue weighted by molar-refractivity contribution is -0.153. The van der Waals surface area contributed by atoms with Gasteiger partial charge in [0.1, 0.15) is 12.2 Å². The molecule has 0 radical (unpaired) electrons. The van der Waals surface area contributed by atoms with Crippen LogP contribution < -0.4 is 0 Å². The van der Waals surface area contributed by atoms with Gasteiger partial charge in [0, 0.05) is 0 Å². The number of carbonyl (C=O) groups excluding carboxylic acids is 1. The Morgan fingerprint density at radius 3 is 2.55 bits per heavy atom. The summed E-state index contributed by atoms with van der Waals surface area (Å²) in [5.41, 5.74) is 0. The van der Waals surface area contributed by atoms with Crippen LogP contribution in [-0.4, -0.2) is 50.7 Å². The molecule has 0 aliphatic carbocycles. The second kappa shape index (κ2) is 5.67. The van der Waals surface area contributed by atoms with E-state index in [2.05, 4.69) is 0 Å². The molecule has 110 valence electrons. The van der Waals surface area contributed by atoms with E-state index in [1.807, 2.05) is 20.8 Å². The van der Waals surface area contributed by atoms with Crippen LogP contribution in [0.15, 0.2) is 0 Å². The number of hydrogen-bond acceptors (Lipinski definition) is 6. The summed E-state index contributed by atoms with van der Waals surface area (Å²) in [4.78, 5) is 12.0. The summed E-state index contributed by atoms with van der Waals surface area (Å²) in [6, 6.07) is 0. The molecule has 20 heavy (non-hydrogen) atoms. The number of rotatable bonds is 5. The number of hydrogen-bond donors (Lipinski definition) is 0. The van der Waals surface area contributed by atoms with Crippen molar-refractivity contribution in [1.82, 2.24) is 0 Å². The number of ether oxygens (including phenoxy) is 2. The molecular weight excluding hydrogens is 262 g/mol. The van der Waals surface area contributed by atoms with Crippen molar-refractivity contribution in [3.8, 4) is 0 Å². The number of esters is 1. The normalized spacial score (nSPS) is 38.9. The lowest BCUT2D eigenvalue weighted by Gasteiger charge is -2.20. The van der Waals surface area contributed by atoms with Gasteiger partial charge in [-0.15, -0.1) is 0 Å². The molecule has 3 fully saturated rings. The summed E-state index contributed by atoms with van der Waals surface area (Å²) in [7, 11) is -0.274. The Morgan fingerprint density at radius 1 is 1.15 bits per heavy atom. The van der Waals surface area contributed by atoms with Gasteiger partial charge in [-0.1, -0.05) is 33.4 Å². The summed E-state index contributed by atoms with van der Waals surface area (Å²) >= 11 is 0. The van der Waals surface area contributed by atoms with Gasteiger partial charge in [-0.2, -0.15) is 0 Å². The van der Waals surface area contributed by atoms with Crippen molar-refractivity contribution in [2.75, 3.05) is 0 Å². The van der Waals surface area contributed by atoms with Gasteiger partial charge in [-0.05, 0) is 6.32 Å². The Morgan fingerprint density at radius 2 is 1.90 bits per heavy atom. The predicted octanol–water partition coefficient (Wildman–Crippen LogP) is 0.977. The van der Waals surface area contributed by atoms with Crippen LogP contribution in [-0.2, 0) is 28.2 Å². The first-order valence-electron chi connectivity index (χ1n) is 7.50. The fourth-order valence-electron chi connectivity index (χ4n) is 2.99. The molecule has 0 saturated carbocycles. The molecule has 0 aromatic carbocycles. The van der Waals surface area contributed by atoms with Crippen LogP contribution in [0.2, 0.25) is 19.0 Å². The molecule has 3 heterocycles. The van der Waals surface area contributed by atoms with Gasteiger partial charge in [0.05, 0.1) is 0 Å². The molecule has 6 nitrogen and oxygen atoms in total. The van der Waals surface area contributed by atoms with Crippen LogP contribution in [0.4, 0.5) is 0 Å². The maximum absolute atomic E-state index is 12.0. The van der Waals surface area contributed by atoms with E-state index in [9.17, 15) is 4.79 Å². The molecule has 0 aromatic heterocycles. The Kier molecular flexibility index (Phi) is 4.08. The highest BCUT2D eigenvalue weighted by molar-refractivity contribution is 6.51. The Labute approximate surface area is 119 Å². The maximum atomic E-state index is 12.0. The zero-order valence-corrected chi connectivity index (χ0v) is 12.1. The van der Waals surface area contributed by atoms with Gasteiger partial charge in [-0.3, -0.25) is 0 Å². The summed E-state index contributed by atoms with van der Waals surface area (Å²) < 4.78 is 28.4. The fourth-order valence-corrected chi connectivity index (χ4v) is 2.99. The minimum Gasteiger partial charge on any atom is -0.455 e. The molecule has 8 heteroatoms. The average molecular weight is 282 g/mol. The molecule has 0 amide bonds. The Hall–Kier alpha value is -0.560. The molecule has 3 saturated heterocycles. The highest BCUT2D eigenvalue weighted by atomic mass is 16.8. The molecule has 0 spiro atoms. The third-order valence-corrected chi connectivity index (χ3v) is 4.17. The first-order chi connectivity index (χ1) is 9.67. The zero-order chi connectivity index (χ0) is 14.3. The molecule has 3 aliphatic heterocycles. The van der Waals surface area contributed by atoms with Crippen LogP contribution in [0.3, 0.4) is 0 Å². The molecule has 0 unspecified atom stereocenters. The zero-order valence-electron chi connectivity index (χ0n) is 12.1. The first kappa shape index (κ1) is 14.4. The van der Waals surface area contributed by atoms with Crippen molar-refractivity contribution in [3.63, 3.8) is 0 Å². The third-order valence-electron chi connectivity index (χ3n) is 4.17. The van der Waals surface area contributed by atoms with Gasteiger partial charge >= 0.3 is 13.1 Å². The van der Waals surface area contributed by atoms with Crippen molar-refractivity contribution in [1.29, 1.82) is 0 Å². The second-order valence-electron chi connectivity index (χ2n) is 5.44. The number of carbonyl (C=O) groups is 1. The van der Waals surface area contributed by atoms with E-state index in [0.29, 0.717) is 0 Å². The largest absolute Gasteiger partial charge is 0.458 e. The van der Waals surface area contributed by atoms with Crippen LogP contribution in [0.1, 0.15) is 20.8 Å². The molecular formula is C12H20B2O6. The van der Waals surface area contributed by atoms with Gasteiger partial charge in [0.15, 0.2) is 18.5 Å². The van der Waals surface area contributed by atoms with Crippen LogP contribution in [0.25, 0.3) is 0 Å². The molecule has 3 rings (SSSR count). The average Bonchev–Trinajstić information content (AvgIpc) is 3.07. The minimum absolute atomic E-state index is 0.0422. The summed E-state index contributed by atoms with van der Waals surface area (Å²) in [6.07, 6.45) is 0.183. The van der Waals surface area contributed by atoms with E-state index < -0.39 is 24.6 Å².